The second-order valence-electron chi connectivity index (χ2n) is 5.90. The third kappa shape index (κ3) is 5.54. The van der Waals surface area contributed by atoms with Crippen LogP contribution in [-0.2, 0) is 22.9 Å². The number of rotatable bonds is 5. The summed E-state index contributed by atoms with van der Waals surface area (Å²) in [6, 6.07) is 10.2. The van der Waals surface area contributed by atoms with Gasteiger partial charge in [0.05, 0.1) is 9.37 Å². The van der Waals surface area contributed by atoms with Crippen LogP contribution in [0.15, 0.2) is 50.8 Å². The number of nitrogens with one attached hydrogen (secondary N) is 2. The average Bonchev–Trinajstić information content (AvgIpc) is 2.57. The van der Waals surface area contributed by atoms with Crippen LogP contribution >= 0.6 is 15.9 Å². The first-order valence-corrected chi connectivity index (χ1v) is 10.6. The lowest BCUT2D eigenvalue weighted by atomic mass is 10.1. The molecule has 2 N–H and O–H groups in total. The van der Waals surface area contributed by atoms with Crippen molar-refractivity contribution in [1.82, 2.24) is 10.6 Å². The number of aryl methyl sites for hydroxylation is 1. The van der Waals surface area contributed by atoms with Crippen LogP contribution in [0.1, 0.15) is 16.7 Å². The van der Waals surface area contributed by atoms with Gasteiger partial charge in [-0.1, -0.05) is 18.2 Å². The molecule has 0 amide bonds. The third-order valence-corrected chi connectivity index (χ3v) is 5.67. The molecule has 140 valence electrons. The van der Waals surface area contributed by atoms with Gasteiger partial charge in [-0.05, 0) is 57.7 Å². The minimum atomic E-state index is -3.22. The predicted octanol–water partition coefficient (Wildman–Crippen LogP) is 3.17. The maximum Gasteiger partial charge on any atom is 0.191 e. The lowest BCUT2D eigenvalue weighted by Crippen LogP contribution is -2.36. The molecular weight excluding hydrogens is 421 g/mol. The van der Waals surface area contributed by atoms with Gasteiger partial charge in [-0.2, -0.15) is 0 Å². The fourth-order valence-electron chi connectivity index (χ4n) is 2.48. The topological polar surface area (TPSA) is 70.6 Å². The van der Waals surface area contributed by atoms with Gasteiger partial charge in [-0.3, -0.25) is 4.99 Å². The van der Waals surface area contributed by atoms with Crippen molar-refractivity contribution in [1.29, 1.82) is 0 Å². The summed E-state index contributed by atoms with van der Waals surface area (Å²) in [6.07, 6.45) is 1.20. The van der Waals surface area contributed by atoms with Crippen LogP contribution in [0.2, 0.25) is 0 Å². The molecule has 0 fully saturated rings. The number of guanidine groups is 1. The van der Waals surface area contributed by atoms with Gasteiger partial charge in [-0.15, -0.1) is 0 Å². The van der Waals surface area contributed by atoms with Crippen LogP contribution < -0.4 is 10.6 Å². The summed E-state index contributed by atoms with van der Waals surface area (Å²) in [7, 11) is -1.57. The van der Waals surface area contributed by atoms with Gasteiger partial charge in [-0.25, -0.2) is 12.8 Å². The highest BCUT2D eigenvalue weighted by Gasteiger charge is 2.11. The first-order chi connectivity index (χ1) is 12.2. The van der Waals surface area contributed by atoms with Crippen LogP contribution in [-0.4, -0.2) is 27.7 Å². The van der Waals surface area contributed by atoms with E-state index in [-0.39, 0.29) is 5.82 Å². The van der Waals surface area contributed by atoms with Crippen LogP contribution in [0.5, 0.6) is 0 Å². The molecule has 0 aliphatic rings. The lowest BCUT2D eigenvalue weighted by molar-refractivity contribution is 0.601. The Morgan fingerprint density at radius 1 is 1.12 bits per heavy atom. The smallest absolute Gasteiger partial charge is 0.191 e. The molecule has 0 atom stereocenters. The van der Waals surface area contributed by atoms with Crippen molar-refractivity contribution in [3.63, 3.8) is 0 Å². The molecule has 5 nitrogen and oxygen atoms in total. The Balaban J connectivity index is 1.96. The number of halogens is 2. The van der Waals surface area contributed by atoms with Gasteiger partial charge in [0.2, 0.25) is 0 Å². The summed E-state index contributed by atoms with van der Waals surface area (Å²) >= 11 is 3.13. The molecule has 2 aromatic rings. The molecule has 26 heavy (non-hydrogen) atoms. The van der Waals surface area contributed by atoms with E-state index in [1.165, 1.54) is 12.3 Å². The molecule has 2 rings (SSSR count). The first kappa shape index (κ1) is 20.4. The Kier molecular flexibility index (Phi) is 6.77. The zero-order chi connectivity index (χ0) is 19.3. The van der Waals surface area contributed by atoms with Gasteiger partial charge in [0.15, 0.2) is 15.8 Å². The van der Waals surface area contributed by atoms with E-state index in [9.17, 15) is 12.8 Å². The zero-order valence-corrected chi connectivity index (χ0v) is 17.2. The molecule has 8 heteroatoms. The van der Waals surface area contributed by atoms with Crippen LogP contribution in [0.25, 0.3) is 0 Å². The van der Waals surface area contributed by atoms with Crippen molar-refractivity contribution in [2.24, 2.45) is 4.99 Å². The van der Waals surface area contributed by atoms with Gasteiger partial charge >= 0.3 is 0 Å². The van der Waals surface area contributed by atoms with Crippen molar-refractivity contribution in [3.05, 3.63) is 63.4 Å². The fourth-order valence-corrected chi connectivity index (χ4v) is 3.68. The molecule has 0 spiro atoms. The van der Waals surface area contributed by atoms with E-state index in [1.54, 1.807) is 32.2 Å². The Morgan fingerprint density at radius 2 is 1.69 bits per heavy atom. The maximum absolute atomic E-state index is 13.5. The molecule has 0 saturated heterocycles. The molecule has 0 aromatic heterocycles. The van der Waals surface area contributed by atoms with Gasteiger partial charge in [0.25, 0.3) is 0 Å². The van der Waals surface area contributed by atoms with Crippen molar-refractivity contribution in [3.8, 4) is 0 Å². The van der Waals surface area contributed by atoms with Crippen molar-refractivity contribution in [2.45, 2.75) is 24.9 Å². The minimum absolute atomic E-state index is 0.311. The Morgan fingerprint density at radius 3 is 2.19 bits per heavy atom. The Bertz CT molecular complexity index is 930. The summed E-state index contributed by atoms with van der Waals surface area (Å²) in [4.78, 5) is 4.47. The number of hydrogen-bond acceptors (Lipinski definition) is 3. The normalized spacial score (nSPS) is 12.1. The summed E-state index contributed by atoms with van der Waals surface area (Å²) in [6.45, 7) is 2.68. The Labute approximate surface area is 161 Å². The fraction of sp³-hybridized carbons (Fsp3) is 0.278. The SMILES string of the molecule is CN=C(NCc1ccc(S(C)(=O)=O)c(C)c1)NCc1ccc(Br)c(F)c1. The lowest BCUT2D eigenvalue weighted by Gasteiger charge is -2.13. The molecule has 0 unspecified atom stereocenters. The molecule has 0 bridgehead atoms. The number of hydrogen-bond donors (Lipinski definition) is 2. The van der Waals surface area contributed by atoms with E-state index < -0.39 is 9.84 Å². The van der Waals surface area contributed by atoms with E-state index in [0.29, 0.717) is 34.0 Å². The zero-order valence-electron chi connectivity index (χ0n) is 14.8. The molecule has 0 aliphatic carbocycles. The highest BCUT2D eigenvalue weighted by atomic mass is 79.9. The Hall–Kier alpha value is -1.93. The van der Waals surface area contributed by atoms with Crippen LogP contribution in [0, 0.1) is 12.7 Å². The van der Waals surface area contributed by atoms with Gasteiger partial charge in [0, 0.05) is 26.4 Å². The summed E-state index contributed by atoms with van der Waals surface area (Å²) in [5.41, 5.74) is 2.44. The second kappa shape index (κ2) is 8.64. The number of aliphatic imine (C=N–C) groups is 1. The summed E-state index contributed by atoms with van der Waals surface area (Å²) in [5.74, 6) is 0.256. The van der Waals surface area contributed by atoms with E-state index in [4.69, 9.17) is 0 Å². The molecule has 2 aromatic carbocycles. The van der Waals surface area contributed by atoms with E-state index in [0.717, 1.165) is 11.1 Å². The average molecular weight is 442 g/mol. The van der Waals surface area contributed by atoms with Crippen LogP contribution in [0.3, 0.4) is 0 Å². The first-order valence-electron chi connectivity index (χ1n) is 7.88. The maximum atomic E-state index is 13.5. The van der Waals surface area contributed by atoms with Gasteiger partial charge in [0.1, 0.15) is 5.82 Å². The number of benzene rings is 2. The summed E-state index contributed by atoms with van der Waals surface area (Å²) < 4.78 is 37.3. The largest absolute Gasteiger partial charge is 0.352 e. The standard InChI is InChI=1S/C18H21BrFN3O2S/c1-12-8-13(5-7-17(12)26(3,24)25)10-22-18(21-2)23-11-14-4-6-15(19)16(20)9-14/h4-9H,10-11H2,1-3H3,(H2,21,22,23). The second-order valence-corrected chi connectivity index (χ2v) is 8.74. The number of sulfone groups is 1. The quantitative estimate of drug-likeness (QED) is 0.552. The minimum Gasteiger partial charge on any atom is -0.352 e. The van der Waals surface area contributed by atoms with Crippen molar-refractivity contribution in [2.75, 3.05) is 13.3 Å². The molecule has 0 heterocycles. The van der Waals surface area contributed by atoms with Crippen molar-refractivity contribution >= 4 is 31.7 Å². The highest BCUT2D eigenvalue weighted by Crippen LogP contribution is 2.17. The van der Waals surface area contributed by atoms with E-state index >= 15 is 0 Å². The van der Waals surface area contributed by atoms with Crippen molar-refractivity contribution < 1.29 is 12.8 Å². The monoisotopic (exact) mass is 441 g/mol. The highest BCUT2D eigenvalue weighted by molar-refractivity contribution is 9.10. The predicted molar refractivity (Wildman–Crippen MR) is 105 cm³/mol. The van der Waals surface area contributed by atoms with E-state index in [2.05, 4.69) is 31.6 Å². The molecule has 0 aliphatic heterocycles. The van der Waals surface area contributed by atoms with Gasteiger partial charge < -0.3 is 10.6 Å². The van der Waals surface area contributed by atoms with Crippen LogP contribution in [0.4, 0.5) is 4.39 Å². The number of nitrogens with zero attached hydrogens (tertiary/aromatic N) is 1. The summed E-state index contributed by atoms with van der Waals surface area (Å²) in [5, 5.41) is 6.27. The van der Waals surface area contributed by atoms with E-state index in [1.807, 2.05) is 12.1 Å². The third-order valence-electron chi connectivity index (χ3n) is 3.77. The molecule has 0 saturated carbocycles. The molecular formula is C18H21BrFN3O2S. The molecule has 0 radical (unpaired) electrons.